The summed E-state index contributed by atoms with van der Waals surface area (Å²) in [6.45, 7) is 1.95. The lowest BCUT2D eigenvalue weighted by atomic mass is 9.98. The van der Waals surface area contributed by atoms with Crippen LogP contribution in [0, 0.1) is 20.2 Å². The van der Waals surface area contributed by atoms with Gasteiger partial charge in [-0.15, -0.1) is 0 Å². The van der Waals surface area contributed by atoms with Gasteiger partial charge in [-0.3, -0.25) is 20.2 Å². The van der Waals surface area contributed by atoms with E-state index in [1.807, 2.05) is 6.92 Å². The largest absolute Gasteiger partial charge is 0.478 e. The molecule has 0 aliphatic carbocycles. The van der Waals surface area contributed by atoms with Gasteiger partial charge < -0.3 is 5.11 Å². The molecule has 8 nitrogen and oxygen atoms in total. The van der Waals surface area contributed by atoms with Gasteiger partial charge in [0.2, 0.25) is 0 Å². The summed E-state index contributed by atoms with van der Waals surface area (Å²) in [5.74, 6) is -1.40. The maximum atomic E-state index is 11.2. The molecule has 108 valence electrons. The lowest BCUT2D eigenvalue weighted by Gasteiger charge is -2.07. The number of non-ortho nitro benzene ring substituents is 1. The van der Waals surface area contributed by atoms with Gasteiger partial charge in [0.25, 0.3) is 11.4 Å². The number of carboxylic acids is 1. The molecule has 20 heavy (non-hydrogen) atoms. The fraction of sp³-hybridized carbons (Fsp3) is 0.417. The summed E-state index contributed by atoms with van der Waals surface area (Å²) in [4.78, 5) is 31.3. The number of nitro groups is 2. The molecule has 0 saturated carbocycles. The number of rotatable bonds is 7. The molecular formula is C12H14N2O6. The van der Waals surface area contributed by atoms with Crippen molar-refractivity contribution in [1.29, 1.82) is 0 Å². The van der Waals surface area contributed by atoms with E-state index in [0.29, 0.717) is 6.42 Å². The Balaban J connectivity index is 3.39. The van der Waals surface area contributed by atoms with Crippen LogP contribution in [0.1, 0.15) is 42.1 Å². The summed E-state index contributed by atoms with van der Waals surface area (Å²) in [5, 5.41) is 30.8. The van der Waals surface area contributed by atoms with Crippen LogP contribution in [-0.2, 0) is 6.42 Å². The van der Waals surface area contributed by atoms with Crippen LogP contribution in [0.3, 0.4) is 0 Å². The van der Waals surface area contributed by atoms with Crippen molar-refractivity contribution in [3.05, 3.63) is 43.5 Å². The fourth-order valence-electron chi connectivity index (χ4n) is 1.92. The van der Waals surface area contributed by atoms with Gasteiger partial charge in [-0.1, -0.05) is 19.8 Å². The van der Waals surface area contributed by atoms with E-state index >= 15 is 0 Å². The van der Waals surface area contributed by atoms with E-state index in [-0.39, 0.29) is 17.5 Å². The van der Waals surface area contributed by atoms with Crippen LogP contribution in [0.5, 0.6) is 0 Å². The van der Waals surface area contributed by atoms with Crippen LogP contribution in [0.15, 0.2) is 12.1 Å². The maximum Gasteiger partial charge on any atom is 0.336 e. The molecule has 0 heterocycles. The molecular weight excluding hydrogens is 268 g/mol. The van der Waals surface area contributed by atoms with E-state index in [9.17, 15) is 25.0 Å². The molecule has 0 aromatic heterocycles. The summed E-state index contributed by atoms with van der Waals surface area (Å²) in [5.41, 5.74) is -1.43. The molecule has 0 spiro atoms. The molecule has 0 aliphatic heterocycles. The lowest BCUT2D eigenvalue weighted by molar-refractivity contribution is -0.394. The van der Waals surface area contributed by atoms with Gasteiger partial charge in [-0.05, 0) is 12.8 Å². The van der Waals surface area contributed by atoms with Crippen molar-refractivity contribution in [1.82, 2.24) is 0 Å². The molecule has 0 bridgehead atoms. The Morgan fingerprint density at radius 3 is 2.30 bits per heavy atom. The number of nitrogens with zero attached hydrogens (tertiary/aromatic N) is 2. The van der Waals surface area contributed by atoms with Crippen LogP contribution in [0.4, 0.5) is 11.4 Å². The van der Waals surface area contributed by atoms with Crippen LogP contribution in [0.2, 0.25) is 0 Å². The molecule has 8 heteroatoms. The molecule has 0 fully saturated rings. The molecule has 0 radical (unpaired) electrons. The Morgan fingerprint density at radius 2 is 1.85 bits per heavy atom. The fourth-order valence-corrected chi connectivity index (χ4v) is 1.92. The monoisotopic (exact) mass is 282 g/mol. The SMILES string of the molecule is CCCCCc1c(C(=O)O)cc([N+](=O)[O-])cc1[N+](=O)[O-]. The second-order valence-electron chi connectivity index (χ2n) is 4.27. The summed E-state index contributed by atoms with van der Waals surface area (Å²) in [6.07, 6.45) is 2.48. The first kappa shape index (κ1) is 15.5. The molecule has 1 N–H and O–H groups in total. The molecule has 0 atom stereocenters. The number of aromatic carboxylic acids is 1. The van der Waals surface area contributed by atoms with Crippen molar-refractivity contribution in [3.8, 4) is 0 Å². The number of carbonyl (C=O) groups is 1. The van der Waals surface area contributed by atoms with E-state index in [0.717, 1.165) is 25.0 Å². The minimum absolute atomic E-state index is 0.0431. The van der Waals surface area contributed by atoms with Gasteiger partial charge in [-0.2, -0.15) is 0 Å². The Morgan fingerprint density at radius 1 is 1.20 bits per heavy atom. The number of unbranched alkanes of at least 4 members (excludes halogenated alkanes) is 2. The highest BCUT2D eigenvalue weighted by Gasteiger charge is 2.26. The Hall–Kier alpha value is -2.51. The van der Waals surface area contributed by atoms with Crippen molar-refractivity contribution < 1.29 is 19.7 Å². The number of hydrogen-bond acceptors (Lipinski definition) is 5. The normalized spacial score (nSPS) is 10.2. The number of carboxylic acid groups (broad SMARTS) is 1. The van der Waals surface area contributed by atoms with Gasteiger partial charge in [0.1, 0.15) is 0 Å². The number of hydrogen-bond donors (Lipinski definition) is 1. The van der Waals surface area contributed by atoms with E-state index < -0.39 is 27.2 Å². The summed E-state index contributed by atoms with van der Waals surface area (Å²) in [6, 6.07) is 1.68. The van der Waals surface area contributed by atoms with E-state index in [1.54, 1.807) is 0 Å². The van der Waals surface area contributed by atoms with Crippen LogP contribution in [0.25, 0.3) is 0 Å². The smallest absolute Gasteiger partial charge is 0.336 e. The first-order chi connectivity index (χ1) is 9.38. The minimum atomic E-state index is -1.40. The van der Waals surface area contributed by atoms with Crippen LogP contribution < -0.4 is 0 Å². The van der Waals surface area contributed by atoms with Crippen molar-refractivity contribution in [2.24, 2.45) is 0 Å². The maximum absolute atomic E-state index is 11.2. The second-order valence-corrected chi connectivity index (χ2v) is 4.27. The highest BCUT2D eigenvalue weighted by Crippen LogP contribution is 2.30. The predicted molar refractivity (Wildman–Crippen MR) is 69.9 cm³/mol. The minimum Gasteiger partial charge on any atom is -0.478 e. The van der Waals surface area contributed by atoms with Crippen molar-refractivity contribution >= 4 is 17.3 Å². The van der Waals surface area contributed by atoms with E-state index in [1.165, 1.54) is 0 Å². The summed E-state index contributed by atoms with van der Waals surface area (Å²) in [7, 11) is 0. The topological polar surface area (TPSA) is 124 Å². The Kier molecular flexibility index (Phi) is 5.13. The highest BCUT2D eigenvalue weighted by atomic mass is 16.6. The van der Waals surface area contributed by atoms with E-state index in [4.69, 9.17) is 5.11 Å². The average Bonchev–Trinajstić information content (AvgIpc) is 2.37. The Bertz CT molecular complexity index is 520. The molecule has 1 aromatic rings. The first-order valence-corrected chi connectivity index (χ1v) is 6.07. The van der Waals surface area contributed by atoms with Crippen molar-refractivity contribution in [3.63, 3.8) is 0 Å². The first-order valence-electron chi connectivity index (χ1n) is 6.07. The number of benzene rings is 1. The molecule has 0 amide bonds. The van der Waals surface area contributed by atoms with Gasteiger partial charge in [-0.25, -0.2) is 4.79 Å². The standard InChI is InChI=1S/C12H14N2O6/c1-2-3-4-5-9-10(12(15)16)6-8(13(17)18)7-11(9)14(19)20/h6-7H,2-5H2,1H3,(H,15,16). The lowest BCUT2D eigenvalue weighted by Crippen LogP contribution is -2.08. The zero-order valence-electron chi connectivity index (χ0n) is 10.9. The van der Waals surface area contributed by atoms with Gasteiger partial charge in [0, 0.05) is 11.6 Å². The molecule has 0 saturated heterocycles. The van der Waals surface area contributed by atoms with Crippen molar-refractivity contribution in [2.45, 2.75) is 32.6 Å². The van der Waals surface area contributed by atoms with Crippen molar-refractivity contribution in [2.75, 3.05) is 0 Å². The molecule has 0 unspecified atom stereocenters. The van der Waals surface area contributed by atoms with Crippen LogP contribution in [-0.4, -0.2) is 20.9 Å². The zero-order chi connectivity index (χ0) is 15.3. The second kappa shape index (κ2) is 6.60. The summed E-state index contributed by atoms with van der Waals surface area (Å²) >= 11 is 0. The third kappa shape index (κ3) is 3.50. The highest BCUT2D eigenvalue weighted by molar-refractivity contribution is 5.91. The van der Waals surface area contributed by atoms with Gasteiger partial charge >= 0.3 is 5.97 Å². The Labute approximate surface area is 114 Å². The third-order valence-electron chi connectivity index (χ3n) is 2.88. The average molecular weight is 282 g/mol. The molecule has 1 rings (SSSR count). The summed E-state index contributed by atoms with van der Waals surface area (Å²) < 4.78 is 0. The zero-order valence-corrected chi connectivity index (χ0v) is 10.9. The van der Waals surface area contributed by atoms with E-state index in [2.05, 4.69) is 0 Å². The van der Waals surface area contributed by atoms with Crippen LogP contribution >= 0.6 is 0 Å². The van der Waals surface area contributed by atoms with Gasteiger partial charge in [0.15, 0.2) is 0 Å². The third-order valence-corrected chi connectivity index (χ3v) is 2.88. The molecule has 0 aliphatic rings. The quantitative estimate of drug-likeness (QED) is 0.465. The molecule has 1 aromatic carbocycles. The number of nitro benzene ring substituents is 2. The predicted octanol–water partition coefficient (Wildman–Crippen LogP) is 2.93. The van der Waals surface area contributed by atoms with Gasteiger partial charge in [0.05, 0.1) is 21.5 Å².